The number of ether oxygens (including phenoxy) is 2. The van der Waals surface area contributed by atoms with Gasteiger partial charge < -0.3 is 29.9 Å². The summed E-state index contributed by atoms with van der Waals surface area (Å²) in [4.78, 5) is 66.7. The number of alkyl carbamates (subject to hydrolysis) is 1. The molecule has 4 rings (SSSR count). The number of carbonyl (C=O) groups is 4. The molecule has 0 radical (unpaired) electrons. The number of thioether (sulfide) groups is 1. The zero-order chi connectivity index (χ0) is 33.0. The van der Waals surface area contributed by atoms with Crippen molar-refractivity contribution in [2.45, 2.75) is 59.1 Å². The smallest absolute Gasteiger partial charge is 0.408 e. The fraction of sp³-hybridized carbons (Fsp3) is 0.414. The number of hydrogen-bond acceptors (Lipinski definition) is 12. The highest BCUT2D eigenvalue weighted by molar-refractivity contribution is 8.06. The first-order valence-electron chi connectivity index (χ1n) is 13.9. The zero-order valence-electron chi connectivity index (χ0n) is 24.7. The molecule has 3 N–H and O–H groups in total. The monoisotopic (exact) mass is 660 g/mol. The van der Waals surface area contributed by atoms with Gasteiger partial charge in [-0.05, 0) is 42.0 Å². The number of carboxylic acid groups (broad SMARTS) is 1. The summed E-state index contributed by atoms with van der Waals surface area (Å²) in [5, 5.41) is 34.8. The Labute approximate surface area is 266 Å². The number of nitrogens with one attached hydrogen (secondary N) is 1. The van der Waals surface area contributed by atoms with Crippen LogP contribution in [0.4, 0.5) is 10.5 Å². The molecule has 14 nitrogen and oxygen atoms in total. The third-order valence-electron chi connectivity index (χ3n) is 7.46. The lowest BCUT2D eigenvalue weighted by atomic mass is 9.79. The number of benzene rings is 1. The highest BCUT2D eigenvalue weighted by Gasteiger charge is 2.59. The average molecular weight is 661 g/mol. The molecule has 2 aromatic rings. The number of rotatable bonds is 13. The van der Waals surface area contributed by atoms with E-state index >= 15 is 0 Å². The molecule has 0 saturated carbocycles. The van der Waals surface area contributed by atoms with Crippen LogP contribution in [0.1, 0.15) is 43.8 Å². The molecule has 1 saturated heterocycles. The largest absolute Gasteiger partial charge is 0.477 e. The SMILES string of the molecule is CC(C)[C@H](NC(=O)OCc1ccc([N+](=O)[O-])cc1)C(=O)OCc1ncsc1/C=C\SC1=C(C(=O)O)N2C(=O)[C@H]([C@@H](C)O)[C@H]2[C@H]1C. The third-order valence-corrected chi connectivity index (χ3v) is 9.39. The molecule has 2 aliphatic rings. The van der Waals surface area contributed by atoms with Crippen molar-refractivity contribution in [1.82, 2.24) is 15.2 Å². The van der Waals surface area contributed by atoms with Crippen LogP contribution < -0.4 is 5.32 Å². The molecule has 45 heavy (non-hydrogen) atoms. The van der Waals surface area contributed by atoms with E-state index in [2.05, 4.69) is 10.3 Å². The minimum atomic E-state index is -1.22. The van der Waals surface area contributed by atoms with Crippen molar-refractivity contribution in [2.24, 2.45) is 17.8 Å². The summed E-state index contributed by atoms with van der Waals surface area (Å²) < 4.78 is 10.6. The molecule has 1 aromatic carbocycles. The normalized spacial score (nSPS) is 20.5. The van der Waals surface area contributed by atoms with Crippen molar-refractivity contribution in [1.29, 1.82) is 0 Å². The molecule has 2 aliphatic heterocycles. The van der Waals surface area contributed by atoms with Crippen LogP contribution in [-0.2, 0) is 37.1 Å². The highest BCUT2D eigenvalue weighted by Crippen LogP contribution is 2.50. The van der Waals surface area contributed by atoms with Crippen molar-refractivity contribution < 1.29 is 43.8 Å². The molecule has 0 spiro atoms. The minimum Gasteiger partial charge on any atom is -0.477 e. The van der Waals surface area contributed by atoms with Crippen LogP contribution in [0.3, 0.4) is 0 Å². The predicted molar refractivity (Wildman–Crippen MR) is 163 cm³/mol. The van der Waals surface area contributed by atoms with Crippen LogP contribution in [0.2, 0.25) is 0 Å². The number of β-lactam (4-membered cyclic amide) rings is 1. The number of fused-ring (bicyclic) bond motifs is 1. The van der Waals surface area contributed by atoms with E-state index in [-0.39, 0.29) is 36.4 Å². The Balaban J connectivity index is 1.33. The number of nitrogens with zero attached hydrogens (tertiary/aromatic N) is 3. The van der Waals surface area contributed by atoms with Crippen molar-refractivity contribution in [3.8, 4) is 0 Å². The summed E-state index contributed by atoms with van der Waals surface area (Å²) in [6, 6.07) is 4.07. The summed E-state index contributed by atoms with van der Waals surface area (Å²) in [5.41, 5.74) is 2.38. The Morgan fingerprint density at radius 2 is 1.89 bits per heavy atom. The Hall–Kier alpha value is -4.28. The second-order valence-electron chi connectivity index (χ2n) is 10.8. The molecule has 1 aromatic heterocycles. The maximum atomic E-state index is 12.9. The summed E-state index contributed by atoms with van der Waals surface area (Å²) in [5.74, 6) is -3.60. The van der Waals surface area contributed by atoms with Crippen molar-refractivity contribution in [3.63, 3.8) is 0 Å². The van der Waals surface area contributed by atoms with Gasteiger partial charge in [0.2, 0.25) is 5.91 Å². The number of nitro groups is 1. The lowest BCUT2D eigenvalue weighted by molar-refractivity contribution is -0.384. The van der Waals surface area contributed by atoms with Crippen LogP contribution in [-0.4, -0.2) is 67.1 Å². The van der Waals surface area contributed by atoms with Gasteiger partial charge in [0.05, 0.1) is 39.1 Å². The number of carbonyl (C=O) groups excluding carboxylic acids is 3. The van der Waals surface area contributed by atoms with E-state index in [0.29, 0.717) is 21.0 Å². The number of aromatic nitrogens is 1. The van der Waals surface area contributed by atoms with Gasteiger partial charge in [0.1, 0.15) is 25.0 Å². The van der Waals surface area contributed by atoms with E-state index in [1.54, 1.807) is 30.8 Å². The summed E-state index contributed by atoms with van der Waals surface area (Å²) in [7, 11) is 0. The maximum absolute atomic E-state index is 12.9. The molecular weight excluding hydrogens is 628 g/mol. The molecular formula is C29H32N4O10S2. The van der Waals surface area contributed by atoms with E-state index in [1.807, 2.05) is 6.92 Å². The van der Waals surface area contributed by atoms with Gasteiger partial charge in [-0.15, -0.1) is 11.3 Å². The van der Waals surface area contributed by atoms with Crippen molar-refractivity contribution in [3.05, 3.63) is 72.0 Å². The first kappa shape index (κ1) is 33.6. The second-order valence-corrected chi connectivity index (χ2v) is 12.7. The number of nitro benzene ring substituents is 1. The molecule has 0 bridgehead atoms. The molecule has 1 fully saturated rings. The van der Waals surface area contributed by atoms with Gasteiger partial charge in [-0.2, -0.15) is 0 Å². The first-order chi connectivity index (χ1) is 21.3. The summed E-state index contributed by atoms with van der Waals surface area (Å²) in [6.45, 7) is 6.45. The Morgan fingerprint density at radius 1 is 1.20 bits per heavy atom. The number of carboxylic acids is 1. The fourth-order valence-corrected chi connectivity index (χ4v) is 6.90. The molecule has 16 heteroatoms. The quantitative estimate of drug-likeness (QED) is 0.121. The fourth-order valence-electron chi connectivity index (χ4n) is 5.13. The Bertz CT molecular complexity index is 1540. The predicted octanol–water partition coefficient (Wildman–Crippen LogP) is 3.90. The van der Waals surface area contributed by atoms with Gasteiger partial charge in [-0.3, -0.25) is 14.9 Å². The second kappa shape index (κ2) is 14.2. The number of hydrogen-bond donors (Lipinski definition) is 3. The van der Waals surface area contributed by atoms with Crippen molar-refractivity contribution in [2.75, 3.05) is 0 Å². The average Bonchev–Trinajstić information content (AvgIpc) is 3.53. The molecule has 2 amide bonds. The first-order valence-corrected chi connectivity index (χ1v) is 15.6. The van der Waals surface area contributed by atoms with E-state index in [1.165, 1.54) is 59.2 Å². The van der Waals surface area contributed by atoms with Crippen LogP contribution in [0.15, 0.2) is 45.8 Å². The van der Waals surface area contributed by atoms with Gasteiger partial charge in [0.15, 0.2) is 0 Å². The Morgan fingerprint density at radius 3 is 2.49 bits per heavy atom. The van der Waals surface area contributed by atoms with Gasteiger partial charge in [-0.25, -0.2) is 19.4 Å². The minimum absolute atomic E-state index is 0.0824. The number of aliphatic hydroxyl groups is 1. The number of thiazole rings is 1. The molecule has 5 atom stereocenters. The number of aliphatic hydroxyl groups excluding tert-OH is 1. The number of amides is 2. The lowest BCUT2D eigenvalue weighted by Crippen LogP contribution is -2.63. The van der Waals surface area contributed by atoms with E-state index in [9.17, 15) is 39.5 Å². The van der Waals surface area contributed by atoms with Gasteiger partial charge in [-0.1, -0.05) is 32.5 Å². The van der Waals surface area contributed by atoms with Gasteiger partial charge in [0.25, 0.3) is 5.69 Å². The zero-order valence-corrected chi connectivity index (χ0v) is 26.4. The van der Waals surface area contributed by atoms with Crippen LogP contribution in [0.5, 0.6) is 0 Å². The van der Waals surface area contributed by atoms with Crippen LogP contribution >= 0.6 is 23.1 Å². The summed E-state index contributed by atoms with van der Waals surface area (Å²) >= 11 is 2.45. The van der Waals surface area contributed by atoms with E-state index < -0.39 is 53.0 Å². The molecule has 3 heterocycles. The Kier molecular flexibility index (Phi) is 10.6. The van der Waals surface area contributed by atoms with Crippen LogP contribution in [0, 0.1) is 27.9 Å². The van der Waals surface area contributed by atoms with E-state index in [4.69, 9.17) is 9.47 Å². The number of non-ortho nitro benzene ring substituents is 1. The maximum Gasteiger partial charge on any atom is 0.408 e. The molecule has 0 unspecified atom stereocenters. The highest BCUT2D eigenvalue weighted by atomic mass is 32.2. The number of aliphatic carboxylic acids is 1. The number of esters is 1. The van der Waals surface area contributed by atoms with Gasteiger partial charge >= 0.3 is 18.0 Å². The molecule has 240 valence electrons. The van der Waals surface area contributed by atoms with E-state index in [0.717, 1.165) is 0 Å². The van der Waals surface area contributed by atoms with Crippen molar-refractivity contribution >= 4 is 58.8 Å². The summed E-state index contributed by atoms with van der Waals surface area (Å²) in [6.07, 6.45) is -0.0417. The topological polar surface area (TPSA) is 198 Å². The standard InChI is InChI=1S/C29H32N4O10S2/c1-14(2)22(31-29(39)43-11-17-5-7-18(8-6-17)33(40)41)28(38)42-12-19-20(45-13-30-19)9-10-44-25-15(3)23-21(16(4)34)26(35)32(23)24(25)27(36)37/h5-10,13-16,21-23,34H,11-12H2,1-4H3,(H,31,39)(H,36,37)/b10-9-/t15-,16-,21-,22+,23-/m1/s1. The molecule has 0 aliphatic carbocycles. The van der Waals surface area contributed by atoms with Gasteiger partial charge in [0, 0.05) is 23.0 Å². The van der Waals surface area contributed by atoms with Crippen LogP contribution in [0.25, 0.3) is 6.08 Å². The lowest BCUT2D eigenvalue weighted by Gasteiger charge is -2.46. The third kappa shape index (κ3) is 7.34.